The first-order valence-corrected chi connectivity index (χ1v) is 7.27. The van der Waals surface area contributed by atoms with Crippen LogP contribution in [0.5, 0.6) is 0 Å². The summed E-state index contributed by atoms with van der Waals surface area (Å²) >= 11 is 0. The van der Waals surface area contributed by atoms with E-state index in [0.29, 0.717) is 0 Å². The van der Waals surface area contributed by atoms with Crippen LogP contribution < -0.4 is 5.46 Å². The summed E-state index contributed by atoms with van der Waals surface area (Å²) in [6.45, 7) is 16.9. The molecule has 2 rings (SSSR count). The average molecular weight is 275 g/mol. The number of rotatable bonds is 1. The van der Waals surface area contributed by atoms with E-state index in [1.54, 1.807) is 0 Å². The second kappa shape index (κ2) is 4.57. The molecule has 1 fully saturated rings. The Morgan fingerprint density at radius 1 is 1.05 bits per heavy atom. The maximum absolute atomic E-state index is 6.15. The molecule has 0 unspecified atom stereocenters. The molecule has 0 atom stereocenters. The van der Waals surface area contributed by atoms with Gasteiger partial charge in [0.2, 0.25) is 0 Å². The van der Waals surface area contributed by atoms with Crippen LogP contribution in [0.25, 0.3) is 0 Å². The smallest absolute Gasteiger partial charge is 0.399 e. The summed E-state index contributed by atoms with van der Waals surface area (Å²) in [5.74, 6) is 0. The molecule has 0 saturated carbocycles. The van der Waals surface area contributed by atoms with E-state index in [4.69, 9.17) is 9.31 Å². The third-order valence-corrected chi connectivity index (χ3v) is 4.42. The first-order valence-electron chi connectivity index (χ1n) is 7.27. The van der Waals surface area contributed by atoms with Crippen LogP contribution >= 0.6 is 0 Å². The van der Waals surface area contributed by atoms with Gasteiger partial charge in [0, 0.05) is 17.3 Å². The summed E-state index contributed by atoms with van der Waals surface area (Å²) in [5.41, 5.74) is 2.66. The highest BCUT2D eigenvalue weighted by Gasteiger charge is 2.52. The molecule has 1 aliphatic heterocycles. The van der Waals surface area contributed by atoms with Crippen LogP contribution in [0.3, 0.4) is 0 Å². The van der Waals surface area contributed by atoms with Gasteiger partial charge >= 0.3 is 7.12 Å². The zero-order valence-electron chi connectivity index (χ0n) is 14.0. The van der Waals surface area contributed by atoms with Crippen molar-refractivity contribution >= 4 is 12.6 Å². The first-order chi connectivity index (χ1) is 8.94. The highest BCUT2D eigenvalue weighted by Crippen LogP contribution is 2.36. The van der Waals surface area contributed by atoms with Crippen LogP contribution in [-0.2, 0) is 14.7 Å². The fourth-order valence-corrected chi connectivity index (χ4v) is 2.17. The van der Waals surface area contributed by atoms with Crippen LogP contribution in [-0.4, -0.2) is 23.3 Å². The van der Waals surface area contributed by atoms with Crippen molar-refractivity contribution in [1.29, 1.82) is 0 Å². The topological polar surface area (TPSA) is 31.4 Å². The number of nitrogens with zero attached hydrogens (tertiary/aromatic N) is 1. The molecule has 1 saturated heterocycles. The Hall–Kier alpha value is -0.865. The summed E-state index contributed by atoms with van der Waals surface area (Å²) < 4.78 is 12.3. The number of aromatic nitrogens is 1. The van der Waals surface area contributed by atoms with Gasteiger partial charge in [-0.05, 0) is 51.7 Å². The second-order valence-electron chi connectivity index (χ2n) is 7.76. The minimum atomic E-state index is -0.316. The zero-order valence-corrected chi connectivity index (χ0v) is 14.0. The van der Waals surface area contributed by atoms with Gasteiger partial charge in [-0.2, -0.15) is 0 Å². The van der Waals surface area contributed by atoms with Gasteiger partial charge < -0.3 is 9.31 Å². The fraction of sp³-hybridized carbons (Fsp3) is 0.688. The van der Waals surface area contributed by atoms with E-state index in [2.05, 4.69) is 66.4 Å². The lowest BCUT2D eigenvalue weighted by atomic mass is 9.75. The van der Waals surface area contributed by atoms with E-state index in [9.17, 15) is 0 Å². The molecule has 0 radical (unpaired) electrons. The molecule has 0 aromatic carbocycles. The maximum atomic E-state index is 6.15. The fourth-order valence-electron chi connectivity index (χ4n) is 2.17. The van der Waals surface area contributed by atoms with Crippen molar-refractivity contribution in [3.63, 3.8) is 0 Å². The predicted molar refractivity (Wildman–Crippen MR) is 83.4 cm³/mol. The van der Waals surface area contributed by atoms with Gasteiger partial charge in [0.25, 0.3) is 0 Å². The molecule has 110 valence electrons. The van der Waals surface area contributed by atoms with E-state index in [0.717, 1.165) is 16.7 Å². The molecule has 0 spiro atoms. The Balaban J connectivity index is 2.40. The van der Waals surface area contributed by atoms with Crippen molar-refractivity contribution in [2.45, 2.75) is 72.0 Å². The van der Waals surface area contributed by atoms with Gasteiger partial charge in [-0.15, -0.1) is 0 Å². The van der Waals surface area contributed by atoms with E-state index < -0.39 is 0 Å². The zero-order chi connectivity index (χ0) is 15.3. The summed E-state index contributed by atoms with van der Waals surface area (Å²) in [7, 11) is -0.316. The Morgan fingerprint density at radius 3 is 2.00 bits per heavy atom. The lowest BCUT2D eigenvalue weighted by Gasteiger charge is -2.32. The molecule has 3 nitrogen and oxygen atoms in total. The molecule has 4 heteroatoms. The third-order valence-electron chi connectivity index (χ3n) is 4.42. The van der Waals surface area contributed by atoms with Crippen LogP contribution in [0.1, 0.15) is 59.7 Å². The molecule has 2 heterocycles. The molecular weight excluding hydrogens is 249 g/mol. The highest BCUT2D eigenvalue weighted by atomic mass is 16.7. The minimum absolute atomic E-state index is 0.0199. The normalized spacial score (nSPS) is 21.3. The van der Waals surface area contributed by atoms with Gasteiger partial charge in [-0.3, -0.25) is 4.98 Å². The average Bonchev–Trinajstić information content (AvgIpc) is 2.46. The Bertz CT molecular complexity index is 502. The molecule has 0 N–H and O–H groups in total. The van der Waals surface area contributed by atoms with Crippen molar-refractivity contribution in [3.8, 4) is 0 Å². The van der Waals surface area contributed by atoms with Gasteiger partial charge in [-0.1, -0.05) is 20.8 Å². The molecular formula is C16H26BNO2. The van der Waals surface area contributed by atoms with Crippen molar-refractivity contribution in [3.05, 3.63) is 23.5 Å². The van der Waals surface area contributed by atoms with Crippen LogP contribution in [0.15, 0.2) is 12.3 Å². The Morgan fingerprint density at radius 2 is 1.55 bits per heavy atom. The molecule has 0 aliphatic carbocycles. The van der Waals surface area contributed by atoms with Crippen molar-refractivity contribution in [2.24, 2.45) is 0 Å². The predicted octanol–water partition coefficient (Wildman–Crippen LogP) is 2.99. The largest absolute Gasteiger partial charge is 0.495 e. The van der Waals surface area contributed by atoms with Gasteiger partial charge in [0.15, 0.2) is 0 Å². The number of aryl methyl sites for hydroxylation is 1. The number of hydrogen-bond donors (Lipinski definition) is 0. The van der Waals surface area contributed by atoms with E-state index in [-0.39, 0.29) is 23.7 Å². The van der Waals surface area contributed by atoms with Gasteiger partial charge in [-0.25, -0.2) is 0 Å². The SMILES string of the molecule is Cc1cnc(C(C)(C)C)cc1B1OC(C)(C)C(C)(C)O1. The summed E-state index contributed by atoms with van der Waals surface area (Å²) in [6.07, 6.45) is 1.92. The van der Waals surface area contributed by atoms with Crippen molar-refractivity contribution < 1.29 is 9.31 Å². The van der Waals surface area contributed by atoms with E-state index >= 15 is 0 Å². The van der Waals surface area contributed by atoms with E-state index in [1.807, 2.05) is 6.20 Å². The monoisotopic (exact) mass is 275 g/mol. The second-order valence-corrected chi connectivity index (χ2v) is 7.76. The van der Waals surface area contributed by atoms with Gasteiger partial charge in [0.05, 0.1) is 11.2 Å². The van der Waals surface area contributed by atoms with Crippen molar-refractivity contribution in [2.75, 3.05) is 0 Å². The lowest BCUT2D eigenvalue weighted by molar-refractivity contribution is 0.00578. The van der Waals surface area contributed by atoms with Gasteiger partial charge in [0.1, 0.15) is 0 Å². The van der Waals surface area contributed by atoms with Crippen LogP contribution in [0.2, 0.25) is 0 Å². The summed E-state index contributed by atoms with van der Waals surface area (Å²) in [4.78, 5) is 4.54. The van der Waals surface area contributed by atoms with E-state index in [1.165, 1.54) is 0 Å². The maximum Gasteiger partial charge on any atom is 0.495 e. The van der Waals surface area contributed by atoms with Crippen LogP contribution in [0.4, 0.5) is 0 Å². The quantitative estimate of drug-likeness (QED) is 0.738. The highest BCUT2D eigenvalue weighted by molar-refractivity contribution is 6.62. The number of pyridine rings is 1. The third kappa shape index (κ3) is 2.64. The first kappa shape index (κ1) is 15.5. The molecule has 0 bridgehead atoms. The summed E-state index contributed by atoms with van der Waals surface area (Å²) in [6, 6.07) is 2.12. The minimum Gasteiger partial charge on any atom is -0.399 e. The van der Waals surface area contributed by atoms with Crippen LogP contribution in [0, 0.1) is 6.92 Å². The Kier molecular flexibility index (Phi) is 3.55. The standard InChI is InChI=1S/C16H26BNO2/c1-11-10-18-13(14(2,3)4)9-12(11)17-19-15(5,6)16(7,8)20-17/h9-10H,1-8H3. The molecule has 20 heavy (non-hydrogen) atoms. The molecule has 0 amide bonds. The Labute approximate surface area is 123 Å². The molecule has 1 aromatic rings. The van der Waals surface area contributed by atoms with Crippen molar-refractivity contribution in [1.82, 2.24) is 4.98 Å². The number of hydrogen-bond acceptors (Lipinski definition) is 3. The summed E-state index contributed by atoms with van der Waals surface area (Å²) in [5, 5.41) is 0. The molecule has 1 aromatic heterocycles. The lowest BCUT2D eigenvalue weighted by Crippen LogP contribution is -2.41. The molecule has 1 aliphatic rings.